The summed E-state index contributed by atoms with van der Waals surface area (Å²) in [7, 11) is 1.73. The van der Waals surface area contributed by atoms with Crippen LogP contribution in [0, 0.1) is 0 Å². The van der Waals surface area contributed by atoms with E-state index in [9.17, 15) is 4.79 Å². The second-order valence-corrected chi connectivity index (χ2v) is 2.06. The molecule has 0 bridgehead atoms. The quantitative estimate of drug-likeness (QED) is 0.496. The molecule has 4 nitrogen and oxygen atoms in total. The summed E-state index contributed by atoms with van der Waals surface area (Å²) in [6.45, 7) is 1.90. The van der Waals surface area contributed by atoms with Crippen molar-refractivity contribution in [3.8, 4) is 0 Å². The van der Waals surface area contributed by atoms with Gasteiger partial charge in [0, 0.05) is 20.1 Å². The standard InChI is InChI=1S/C5H11N3O/c1-7(5-9)8-4-2-3-6-8/h5-6H,2-4H2,1H3. The van der Waals surface area contributed by atoms with Crippen LogP contribution < -0.4 is 5.43 Å². The fourth-order valence-corrected chi connectivity index (χ4v) is 0.842. The second kappa shape index (κ2) is 2.80. The van der Waals surface area contributed by atoms with Gasteiger partial charge in [-0.25, -0.2) is 5.43 Å². The third-order valence-electron chi connectivity index (χ3n) is 1.37. The molecule has 9 heavy (non-hydrogen) atoms. The van der Waals surface area contributed by atoms with E-state index in [4.69, 9.17) is 0 Å². The summed E-state index contributed by atoms with van der Waals surface area (Å²) in [5, 5.41) is 3.31. The fraction of sp³-hybridized carbons (Fsp3) is 0.800. The molecular formula is C5H11N3O. The van der Waals surface area contributed by atoms with E-state index in [1.54, 1.807) is 12.2 Å². The minimum atomic E-state index is 0.790. The molecule has 1 rings (SSSR count). The maximum Gasteiger partial charge on any atom is 0.224 e. The van der Waals surface area contributed by atoms with Crippen LogP contribution in [-0.2, 0) is 4.79 Å². The van der Waals surface area contributed by atoms with Crippen molar-refractivity contribution in [3.63, 3.8) is 0 Å². The van der Waals surface area contributed by atoms with Gasteiger partial charge >= 0.3 is 0 Å². The molecule has 0 aromatic carbocycles. The first-order chi connectivity index (χ1) is 4.34. The first kappa shape index (κ1) is 6.51. The molecule has 4 heteroatoms. The Morgan fingerprint density at radius 1 is 1.78 bits per heavy atom. The van der Waals surface area contributed by atoms with E-state index in [2.05, 4.69) is 5.43 Å². The molecule has 0 atom stereocenters. The van der Waals surface area contributed by atoms with Gasteiger partial charge in [-0.05, 0) is 6.42 Å². The highest BCUT2D eigenvalue weighted by atomic mass is 16.2. The van der Waals surface area contributed by atoms with Gasteiger partial charge in [0.05, 0.1) is 0 Å². The number of nitrogens with one attached hydrogen (secondary N) is 1. The van der Waals surface area contributed by atoms with Gasteiger partial charge in [-0.2, -0.15) is 5.12 Å². The lowest BCUT2D eigenvalue weighted by Crippen LogP contribution is -2.43. The Kier molecular flexibility index (Phi) is 2.02. The highest BCUT2D eigenvalue weighted by molar-refractivity contribution is 5.45. The molecule has 1 N–H and O–H groups in total. The molecule has 0 aliphatic carbocycles. The molecule has 1 amide bonds. The van der Waals surface area contributed by atoms with Gasteiger partial charge in [-0.1, -0.05) is 0 Å². The summed E-state index contributed by atoms with van der Waals surface area (Å²) in [4.78, 5) is 10.1. The molecule has 0 aromatic rings. The maximum atomic E-state index is 10.1. The molecule has 1 aliphatic heterocycles. The zero-order valence-electron chi connectivity index (χ0n) is 5.50. The van der Waals surface area contributed by atoms with Crippen LogP contribution in [0.4, 0.5) is 0 Å². The molecule has 0 spiro atoms. The summed E-state index contributed by atoms with van der Waals surface area (Å²) in [6, 6.07) is 0. The van der Waals surface area contributed by atoms with Crippen molar-refractivity contribution in [3.05, 3.63) is 0 Å². The SMILES string of the molecule is CN(C=O)N1CCCN1. The van der Waals surface area contributed by atoms with E-state index in [1.165, 1.54) is 5.01 Å². The smallest absolute Gasteiger partial charge is 0.224 e. The molecule has 0 unspecified atom stereocenters. The van der Waals surface area contributed by atoms with Crippen molar-refractivity contribution in [2.75, 3.05) is 20.1 Å². The Morgan fingerprint density at radius 3 is 3.00 bits per heavy atom. The van der Waals surface area contributed by atoms with Crippen LogP contribution in [-0.4, -0.2) is 36.7 Å². The zero-order chi connectivity index (χ0) is 6.69. The monoisotopic (exact) mass is 129 g/mol. The minimum absolute atomic E-state index is 0.790. The van der Waals surface area contributed by atoms with Gasteiger partial charge in [-0.15, -0.1) is 0 Å². The van der Waals surface area contributed by atoms with Crippen molar-refractivity contribution >= 4 is 6.41 Å². The minimum Gasteiger partial charge on any atom is -0.277 e. The fourth-order valence-electron chi connectivity index (χ4n) is 0.842. The molecule has 1 heterocycles. The highest BCUT2D eigenvalue weighted by Gasteiger charge is 2.12. The van der Waals surface area contributed by atoms with Crippen molar-refractivity contribution in [1.82, 2.24) is 15.6 Å². The van der Waals surface area contributed by atoms with Crippen LogP contribution in [0.15, 0.2) is 0 Å². The molecule has 0 aromatic heterocycles. The maximum absolute atomic E-state index is 10.1. The van der Waals surface area contributed by atoms with E-state index in [0.29, 0.717) is 0 Å². The highest BCUT2D eigenvalue weighted by Crippen LogP contribution is 1.96. The normalized spacial score (nSPS) is 20.1. The van der Waals surface area contributed by atoms with Crippen molar-refractivity contribution in [2.45, 2.75) is 6.42 Å². The largest absolute Gasteiger partial charge is 0.277 e. The molecule has 1 aliphatic rings. The molecule has 1 saturated heterocycles. The summed E-state index contributed by atoms with van der Waals surface area (Å²) in [5.41, 5.74) is 3.04. The van der Waals surface area contributed by atoms with Gasteiger partial charge < -0.3 is 0 Å². The summed E-state index contributed by atoms with van der Waals surface area (Å²) in [5.74, 6) is 0. The van der Waals surface area contributed by atoms with Crippen molar-refractivity contribution in [1.29, 1.82) is 0 Å². The number of hydrogen-bond acceptors (Lipinski definition) is 3. The third kappa shape index (κ3) is 1.40. The van der Waals surface area contributed by atoms with E-state index in [-0.39, 0.29) is 0 Å². The van der Waals surface area contributed by atoms with Crippen LogP contribution in [0.3, 0.4) is 0 Å². The van der Waals surface area contributed by atoms with Crippen molar-refractivity contribution < 1.29 is 4.79 Å². The zero-order valence-corrected chi connectivity index (χ0v) is 5.50. The first-order valence-corrected chi connectivity index (χ1v) is 3.03. The van der Waals surface area contributed by atoms with Gasteiger partial charge in [0.25, 0.3) is 0 Å². The lowest BCUT2D eigenvalue weighted by atomic mass is 10.5. The summed E-state index contributed by atoms with van der Waals surface area (Å²) >= 11 is 0. The van der Waals surface area contributed by atoms with Gasteiger partial charge in [-0.3, -0.25) is 9.80 Å². The molecule has 0 saturated carbocycles. The predicted molar refractivity (Wildman–Crippen MR) is 33.2 cm³/mol. The lowest BCUT2D eigenvalue weighted by molar-refractivity contribution is -0.133. The van der Waals surface area contributed by atoms with E-state index >= 15 is 0 Å². The Morgan fingerprint density at radius 2 is 2.56 bits per heavy atom. The van der Waals surface area contributed by atoms with E-state index in [1.807, 2.05) is 0 Å². The third-order valence-corrected chi connectivity index (χ3v) is 1.37. The lowest BCUT2D eigenvalue weighted by Gasteiger charge is -2.22. The van der Waals surface area contributed by atoms with Gasteiger partial charge in [0.15, 0.2) is 0 Å². The second-order valence-electron chi connectivity index (χ2n) is 2.06. The number of nitrogens with zero attached hydrogens (tertiary/aromatic N) is 2. The van der Waals surface area contributed by atoms with Crippen molar-refractivity contribution in [2.24, 2.45) is 0 Å². The average molecular weight is 129 g/mol. The number of hydrazine groups is 2. The van der Waals surface area contributed by atoms with Crippen LogP contribution in [0.25, 0.3) is 0 Å². The Labute approximate surface area is 54.4 Å². The molecule has 52 valence electrons. The first-order valence-electron chi connectivity index (χ1n) is 3.03. The van der Waals surface area contributed by atoms with Gasteiger partial charge in [0.1, 0.15) is 0 Å². The molecule has 1 fully saturated rings. The number of hydrogen-bond donors (Lipinski definition) is 1. The predicted octanol–water partition coefficient (Wildman–Crippen LogP) is -0.800. The van der Waals surface area contributed by atoms with Crippen LogP contribution in [0.2, 0.25) is 0 Å². The number of carbonyl (C=O) groups is 1. The Balaban J connectivity index is 2.32. The Hall–Kier alpha value is -0.610. The van der Waals surface area contributed by atoms with Gasteiger partial charge in [0.2, 0.25) is 6.41 Å². The Bertz CT molecular complexity index is 100. The topological polar surface area (TPSA) is 35.6 Å². The summed E-state index contributed by atoms with van der Waals surface area (Å²) < 4.78 is 0. The van der Waals surface area contributed by atoms with Crippen LogP contribution in [0.1, 0.15) is 6.42 Å². The van der Waals surface area contributed by atoms with E-state index < -0.39 is 0 Å². The number of rotatable bonds is 2. The molecule has 0 radical (unpaired) electrons. The number of amides is 1. The average Bonchev–Trinajstić information content (AvgIpc) is 2.37. The molecular weight excluding hydrogens is 118 g/mol. The van der Waals surface area contributed by atoms with Crippen LogP contribution in [0.5, 0.6) is 0 Å². The summed E-state index contributed by atoms with van der Waals surface area (Å²) in [6.07, 6.45) is 1.90. The van der Waals surface area contributed by atoms with Crippen LogP contribution >= 0.6 is 0 Å². The van der Waals surface area contributed by atoms with E-state index in [0.717, 1.165) is 25.9 Å². The number of carbonyl (C=O) groups excluding carboxylic acids is 1.